The Bertz CT molecular complexity index is 952. The molecule has 0 saturated carbocycles. The van der Waals surface area contributed by atoms with E-state index in [2.05, 4.69) is 15.8 Å². The Morgan fingerprint density at radius 3 is 2.00 bits per heavy atom. The van der Waals surface area contributed by atoms with Crippen LogP contribution in [0.4, 0.5) is 0 Å². The van der Waals surface area contributed by atoms with E-state index in [9.17, 15) is 9.59 Å². The van der Waals surface area contributed by atoms with Crippen LogP contribution in [0.25, 0.3) is 0 Å². The average molecular weight is 406 g/mol. The van der Waals surface area contributed by atoms with Crippen molar-refractivity contribution in [1.82, 2.24) is 10.7 Å². The number of hydrogen-bond acceptors (Lipinski definition) is 3. The number of amides is 2. The summed E-state index contributed by atoms with van der Waals surface area (Å²) in [6.07, 6.45) is 1.46. The van der Waals surface area contributed by atoms with E-state index in [1.54, 1.807) is 12.1 Å². The quantitative estimate of drug-likeness (QED) is 0.464. The molecule has 0 unspecified atom stereocenters. The van der Waals surface area contributed by atoms with Gasteiger partial charge in [-0.25, -0.2) is 5.43 Å². The van der Waals surface area contributed by atoms with Gasteiger partial charge >= 0.3 is 0 Å². The predicted molar refractivity (Wildman–Crippen MR) is 115 cm³/mol. The van der Waals surface area contributed by atoms with Crippen molar-refractivity contribution in [2.75, 3.05) is 6.54 Å². The molecule has 0 radical (unpaired) electrons. The third-order valence-electron chi connectivity index (χ3n) is 4.25. The molecule has 0 saturated heterocycles. The van der Waals surface area contributed by atoms with Gasteiger partial charge in [-0.05, 0) is 17.2 Å². The highest BCUT2D eigenvalue weighted by molar-refractivity contribution is 6.33. The molecule has 0 fully saturated rings. The summed E-state index contributed by atoms with van der Waals surface area (Å²) in [5, 5.41) is 7.10. The first-order chi connectivity index (χ1) is 14.1. The Morgan fingerprint density at radius 1 is 0.862 bits per heavy atom. The molecule has 2 N–H and O–H groups in total. The first kappa shape index (κ1) is 20.3. The van der Waals surface area contributed by atoms with Gasteiger partial charge in [0.25, 0.3) is 5.91 Å². The fourth-order valence-corrected chi connectivity index (χ4v) is 3.03. The van der Waals surface area contributed by atoms with Crippen molar-refractivity contribution < 1.29 is 9.59 Å². The van der Waals surface area contributed by atoms with Crippen LogP contribution >= 0.6 is 11.6 Å². The Hall–Kier alpha value is -3.44. The normalized spacial score (nSPS) is 10.8. The molecule has 0 aliphatic carbocycles. The molecule has 146 valence electrons. The number of hydrogen-bond donors (Lipinski definition) is 2. The number of halogens is 1. The van der Waals surface area contributed by atoms with Gasteiger partial charge in [0.15, 0.2) is 0 Å². The molecule has 3 aromatic rings. The molecule has 0 spiro atoms. The Labute approximate surface area is 174 Å². The minimum atomic E-state index is -0.503. The molecule has 3 aromatic carbocycles. The molecule has 6 heteroatoms. The first-order valence-electron chi connectivity index (χ1n) is 9.09. The smallest absolute Gasteiger partial charge is 0.259 e. The SMILES string of the molecule is O=C(CNC(=O)C(c1ccccc1)c1ccccc1)N/N=C/c1ccccc1Cl. The number of carbonyl (C=O) groups excluding carboxylic acids is 2. The number of nitrogens with zero attached hydrogens (tertiary/aromatic N) is 1. The van der Waals surface area contributed by atoms with Crippen LogP contribution in [0, 0.1) is 0 Å². The average Bonchev–Trinajstić information content (AvgIpc) is 2.75. The van der Waals surface area contributed by atoms with Crippen LogP contribution in [0.15, 0.2) is 90.0 Å². The maximum absolute atomic E-state index is 12.8. The molecule has 29 heavy (non-hydrogen) atoms. The molecular weight excluding hydrogens is 386 g/mol. The zero-order chi connectivity index (χ0) is 20.5. The molecule has 2 amide bonds. The lowest BCUT2D eigenvalue weighted by molar-refractivity contribution is -0.126. The maximum atomic E-state index is 12.8. The van der Waals surface area contributed by atoms with E-state index >= 15 is 0 Å². The van der Waals surface area contributed by atoms with Gasteiger partial charge in [-0.1, -0.05) is 90.5 Å². The lowest BCUT2D eigenvalue weighted by Gasteiger charge is -2.17. The predicted octanol–water partition coefficient (Wildman–Crippen LogP) is 3.74. The van der Waals surface area contributed by atoms with Crippen molar-refractivity contribution in [3.05, 3.63) is 107 Å². The van der Waals surface area contributed by atoms with E-state index in [1.165, 1.54) is 6.21 Å². The van der Waals surface area contributed by atoms with Gasteiger partial charge in [-0.3, -0.25) is 9.59 Å². The van der Waals surface area contributed by atoms with E-state index < -0.39 is 11.8 Å². The summed E-state index contributed by atoms with van der Waals surface area (Å²) in [6.45, 7) is -0.186. The van der Waals surface area contributed by atoms with E-state index in [4.69, 9.17) is 11.6 Å². The van der Waals surface area contributed by atoms with E-state index in [1.807, 2.05) is 72.8 Å². The largest absolute Gasteiger partial charge is 0.346 e. The third kappa shape index (κ3) is 5.77. The van der Waals surface area contributed by atoms with Crippen molar-refractivity contribution in [2.24, 2.45) is 5.10 Å². The second-order valence-electron chi connectivity index (χ2n) is 6.29. The van der Waals surface area contributed by atoms with Gasteiger partial charge in [0, 0.05) is 10.6 Å². The van der Waals surface area contributed by atoms with Crippen molar-refractivity contribution in [2.45, 2.75) is 5.92 Å². The molecule has 3 rings (SSSR count). The van der Waals surface area contributed by atoms with E-state index in [-0.39, 0.29) is 12.5 Å². The third-order valence-corrected chi connectivity index (χ3v) is 4.59. The molecule has 0 aromatic heterocycles. The minimum absolute atomic E-state index is 0.186. The van der Waals surface area contributed by atoms with Crippen LogP contribution in [0.1, 0.15) is 22.6 Å². The summed E-state index contributed by atoms with van der Waals surface area (Å²) < 4.78 is 0. The molecule has 5 nitrogen and oxygen atoms in total. The van der Waals surface area contributed by atoms with Crippen LogP contribution in [0.2, 0.25) is 5.02 Å². The van der Waals surface area contributed by atoms with Gasteiger partial charge in [0.1, 0.15) is 0 Å². The zero-order valence-electron chi connectivity index (χ0n) is 15.6. The number of rotatable bonds is 7. The van der Waals surface area contributed by atoms with E-state index in [0.29, 0.717) is 10.6 Å². The van der Waals surface area contributed by atoms with Crippen LogP contribution in [0.5, 0.6) is 0 Å². The highest BCUT2D eigenvalue weighted by atomic mass is 35.5. The standard InChI is InChI=1S/C23H20ClN3O2/c24-20-14-8-7-13-19(20)15-26-27-21(28)16-25-23(29)22(17-9-3-1-4-10-17)18-11-5-2-6-12-18/h1-15,22H,16H2,(H,25,29)(H,27,28)/b26-15+. The maximum Gasteiger partial charge on any atom is 0.259 e. The van der Waals surface area contributed by atoms with Crippen LogP contribution < -0.4 is 10.7 Å². The van der Waals surface area contributed by atoms with Crippen molar-refractivity contribution >= 4 is 29.6 Å². The van der Waals surface area contributed by atoms with Gasteiger partial charge < -0.3 is 5.32 Å². The number of nitrogens with one attached hydrogen (secondary N) is 2. The van der Waals surface area contributed by atoms with Gasteiger partial charge in [0.05, 0.1) is 18.7 Å². The summed E-state index contributed by atoms with van der Waals surface area (Å²) in [7, 11) is 0. The summed E-state index contributed by atoms with van der Waals surface area (Å²) in [5.74, 6) is -1.19. The van der Waals surface area contributed by atoms with Gasteiger partial charge in [0.2, 0.25) is 5.91 Å². The second kappa shape index (κ2) is 10.2. The topological polar surface area (TPSA) is 70.6 Å². The molecule has 0 heterocycles. The Balaban J connectivity index is 1.61. The first-order valence-corrected chi connectivity index (χ1v) is 9.47. The molecule has 0 aliphatic rings. The highest BCUT2D eigenvalue weighted by Crippen LogP contribution is 2.24. The van der Waals surface area contributed by atoms with Gasteiger partial charge in [-0.2, -0.15) is 5.10 Å². The Morgan fingerprint density at radius 2 is 1.41 bits per heavy atom. The fraction of sp³-hybridized carbons (Fsp3) is 0.0870. The second-order valence-corrected chi connectivity index (χ2v) is 6.69. The number of benzene rings is 3. The highest BCUT2D eigenvalue weighted by Gasteiger charge is 2.22. The van der Waals surface area contributed by atoms with Crippen molar-refractivity contribution in [1.29, 1.82) is 0 Å². The Kier molecular flexibility index (Phi) is 7.14. The molecule has 0 bridgehead atoms. The van der Waals surface area contributed by atoms with Crippen LogP contribution in [-0.2, 0) is 9.59 Å². The lowest BCUT2D eigenvalue weighted by Crippen LogP contribution is -2.37. The number of hydrazone groups is 1. The minimum Gasteiger partial charge on any atom is -0.346 e. The molecule has 0 atom stereocenters. The monoisotopic (exact) mass is 405 g/mol. The van der Waals surface area contributed by atoms with Crippen molar-refractivity contribution in [3.63, 3.8) is 0 Å². The van der Waals surface area contributed by atoms with Crippen LogP contribution in [0.3, 0.4) is 0 Å². The zero-order valence-corrected chi connectivity index (χ0v) is 16.3. The summed E-state index contributed by atoms with van der Waals surface area (Å²) in [6, 6.07) is 26.1. The van der Waals surface area contributed by atoms with E-state index in [0.717, 1.165) is 11.1 Å². The number of carbonyl (C=O) groups is 2. The van der Waals surface area contributed by atoms with Crippen molar-refractivity contribution in [3.8, 4) is 0 Å². The lowest BCUT2D eigenvalue weighted by atomic mass is 9.90. The van der Waals surface area contributed by atoms with Gasteiger partial charge in [-0.15, -0.1) is 0 Å². The summed E-state index contributed by atoms with van der Waals surface area (Å²) >= 11 is 6.03. The fourth-order valence-electron chi connectivity index (χ4n) is 2.85. The summed E-state index contributed by atoms with van der Waals surface area (Å²) in [4.78, 5) is 24.9. The molecule has 0 aliphatic heterocycles. The summed E-state index contributed by atoms with van der Waals surface area (Å²) in [5.41, 5.74) is 4.79. The van der Waals surface area contributed by atoms with Crippen LogP contribution in [-0.4, -0.2) is 24.6 Å². The molecular formula is C23H20ClN3O2.